The fourth-order valence-corrected chi connectivity index (χ4v) is 3.53. The van der Waals surface area contributed by atoms with Crippen molar-refractivity contribution in [3.63, 3.8) is 0 Å². The lowest BCUT2D eigenvalue weighted by atomic mass is 10.1. The Labute approximate surface area is 159 Å². The van der Waals surface area contributed by atoms with Gasteiger partial charge in [0.15, 0.2) is 0 Å². The van der Waals surface area contributed by atoms with Crippen LogP contribution in [0.3, 0.4) is 0 Å². The van der Waals surface area contributed by atoms with Crippen molar-refractivity contribution < 1.29 is 4.79 Å². The molecule has 6 heteroatoms. The van der Waals surface area contributed by atoms with Gasteiger partial charge in [-0.15, -0.1) is 0 Å². The molecule has 0 saturated carbocycles. The molecule has 1 aromatic carbocycles. The number of para-hydroxylation sites is 1. The lowest BCUT2D eigenvalue weighted by Crippen LogP contribution is -2.47. The van der Waals surface area contributed by atoms with Crippen LogP contribution in [0.2, 0.25) is 0 Å². The normalized spacial score (nSPS) is 15.2. The molecule has 4 rings (SSSR count). The summed E-state index contributed by atoms with van der Waals surface area (Å²) in [7, 11) is 2.08. The van der Waals surface area contributed by atoms with Gasteiger partial charge in [-0.2, -0.15) is 0 Å². The van der Waals surface area contributed by atoms with E-state index >= 15 is 0 Å². The van der Waals surface area contributed by atoms with E-state index in [2.05, 4.69) is 51.6 Å². The van der Waals surface area contributed by atoms with E-state index in [4.69, 9.17) is 0 Å². The van der Waals surface area contributed by atoms with Crippen molar-refractivity contribution in [2.45, 2.75) is 6.42 Å². The van der Waals surface area contributed by atoms with Crippen LogP contribution in [0.25, 0.3) is 10.9 Å². The van der Waals surface area contributed by atoms with Gasteiger partial charge in [0, 0.05) is 62.2 Å². The Bertz CT molecular complexity index is 927. The third-order valence-electron chi connectivity index (χ3n) is 5.17. The Morgan fingerprint density at radius 3 is 2.85 bits per heavy atom. The van der Waals surface area contributed by atoms with Crippen LogP contribution in [0.15, 0.2) is 48.9 Å². The fraction of sp³-hybridized carbons (Fsp3) is 0.333. The van der Waals surface area contributed by atoms with Gasteiger partial charge in [0.1, 0.15) is 0 Å². The molecule has 0 radical (unpaired) electrons. The van der Waals surface area contributed by atoms with Crippen LogP contribution in [0, 0.1) is 0 Å². The highest BCUT2D eigenvalue weighted by atomic mass is 16.2. The Morgan fingerprint density at radius 2 is 2.00 bits per heavy atom. The zero-order valence-corrected chi connectivity index (χ0v) is 15.6. The average Bonchev–Trinajstić information content (AvgIpc) is 3.12. The quantitative estimate of drug-likeness (QED) is 0.731. The summed E-state index contributed by atoms with van der Waals surface area (Å²) in [6.45, 7) is 4.17. The number of benzene rings is 1. The van der Waals surface area contributed by atoms with Crippen molar-refractivity contribution in [1.82, 2.24) is 19.8 Å². The molecular formula is C21H25N5O. The Hall–Kier alpha value is -2.86. The van der Waals surface area contributed by atoms with Gasteiger partial charge < -0.3 is 20.1 Å². The molecule has 1 aliphatic heterocycles. The molecule has 1 fully saturated rings. The van der Waals surface area contributed by atoms with Crippen molar-refractivity contribution >= 4 is 22.5 Å². The maximum absolute atomic E-state index is 12.7. The number of nitrogens with zero attached hydrogens (tertiary/aromatic N) is 3. The first-order chi connectivity index (χ1) is 13.2. The summed E-state index contributed by atoms with van der Waals surface area (Å²) in [6.07, 6.45) is 6.40. The SMILES string of the molecule is CN1CCN(C(=O)c2cncc(NCCc3c[nH]c4ccccc34)c2)CC1. The molecule has 3 heterocycles. The number of amides is 1. The standard InChI is InChI=1S/C21H25N5O/c1-25-8-10-26(11-9-25)21(27)17-12-18(15-22-13-17)23-7-6-16-14-24-20-5-3-2-4-19(16)20/h2-5,12-15,23-24H,6-11H2,1H3. The largest absolute Gasteiger partial charge is 0.383 e. The molecule has 0 aliphatic carbocycles. The number of aromatic nitrogens is 2. The number of hydrogen-bond acceptors (Lipinski definition) is 4. The van der Waals surface area contributed by atoms with Gasteiger partial charge in [-0.05, 0) is 31.2 Å². The topological polar surface area (TPSA) is 64.3 Å². The molecule has 0 spiro atoms. The minimum atomic E-state index is 0.0656. The van der Waals surface area contributed by atoms with Gasteiger partial charge in [0.25, 0.3) is 5.91 Å². The highest BCUT2D eigenvalue weighted by Crippen LogP contribution is 2.18. The fourth-order valence-electron chi connectivity index (χ4n) is 3.53. The van der Waals surface area contributed by atoms with Crippen LogP contribution in [-0.4, -0.2) is 65.4 Å². The number of aromatic amines is 1. The third-order valence-corrected chi connectivity index (χ3v) is 5.17. The zero-order valence-electron chi connectivity index (χ0n) is 15.6. The summed E-state index contributed by atoms with van der Waals surface area (Å²) in [5.74, 6) is 0.0656. The summed E-state index contributed by atoms with van der Waals surface area (Å²) in [5.41, 5.74) is 3.98. The molecule has 27 heavy (non-hydrogen) atoms. The van der Waals surface area contributed by atoms with E-state index in [9.17, 15) is 4.79 Å². The molecular weight excluding hydrogens is 338 g/mol. The number of pyridine rings is 1. The number of anilines is 1. The summed E-state index contributed by atoms with van der Waals surface area (Å²) in [5, 5.41) is 4.66. The van der Waals surface area contributed by atoms with Gasteiger partial charge in [-0.3, -0.25) is 9.78 Å². The van der Waals surface area contributed by atoms with Gasteiger partial charge in [-0.1, -0.05) is 18.2 Å². The first kappa shape index (κ1) is 17.5. The predicted octanol–water partition coefficient (Wildman–Crippen LogP) is 2.61. The number of fused-ring (bicyclic) bond motifs is 1. The van der Waals surface area contributed by atoms with Gasteiger partial charge in [0.2, 0.25) is 0 Å². The van der Waals surface area contributed by atoms with Crippen LogP contribution < -0.4 is 5.32 Å². The Kier molecular flexibility index (Phi) is 5.07. The number of H-pyrrole nitrogens is 1. The van der Waals surface area contributed by atoms with Crippen LogP contribution in [0.1, 0.15) is 15.9 Å². The maximum atomic E-state index is 12.7. The summed E-state index contributed by atoms with van der Waals surface area (Å²) < 4.78 is 0. The van der Waals surface area contributed by atoms with E-state index in [-0.39, 0.29) is 5.91 Å². The van der Waals surface area contributed by atoms with Crippen molar-refractivity contribution in [3.05, 3.63) is 60.0 Å². The second kappa shape index (κ2) is 7.80. The average molecular weight is 363 g/mol. The van der Waals surface area contributed by atoms with Crippen molar-refractivity contribution in [1.29, 1.82) is 0 Å². The number of hydrogen-bond donors (Lipinski definition) is 2. The predicted molar refractivity (Wildman–Crippen MR) is 108 cm³/mol. The van der Waals surface area contributed by atoms with Crippen LogP contribution >= 0.6 is 0 Å². The third kappa shape index (κ3) is 3.95. The number of rotatable bonds is 5. The summed E-state index contributed by atoms with van der Waals surface area (Å²) in [4.78, 5) is 24.4. The molecule has 6 nitrogen and oxygen atoms in total. The molecule has 0 atom stereocenters. The monoisotopic (exact) mass is 363 g/mol. The molecule has 2 aromatic heterocycles. The van der Waals surface area contributed by atoms with E-state index in [0.717, 1.165) is 50.3 Å². The Balaban J connectivity index is 1.37. The molecule has 1 aliphatic rings. The smallest absolute Gasteiger partial charge is 0.255 e. The summed E-state index contributed by atoms with van der Waals surface area (Å²) in [6, 6.07) is 10.2. The van der Waals surface area contributed by atoms with Crippen LogP contribution in [-0.2, 0) is 6.42 Å². The highest BCUT2D eigenvalue weighted by molar-refractivity contribution is 5.94. The van der Waals surface area contributed by atoms with E-state index in [1.165, 1.54) is 10.9 Å². The number of likely N-dealkylation sites (N-methyl/N-ethyl adjacent to an activating group) is 1. The first-order valence-corrected chi connectivity index (χ1v) is 9.42. The number of nitrogens with one attached hydrogen (secondary N) is 2. The molecule has 1 saturated heterocycles. The second-order valence-corrected chi connectivity index (χ2v) is 7.09. The van der Waals surface area contributed by atoms with E-state index < -0.39 is 0 Å². The molecule has 3 aromatic rings. The van der Waals surface area contributed by atoms with Crippen molar-refractivity contribution in [2.75, 3.05) is 45.1 Å². The van der Waals surface area contributed by atoms with Gasteiger partial charge in [-0.25, -0.2) is 0 Å². The minimum absolute atomic E-state index is 0.0656. The molecule has 1 amide bonds. The Morgan fingerprint density at radius 1 is 1.19 bits per heavy atom. The molecule has 140 valence electrons. The van der Waals surface area contributed by atoms with Crippen molar-refractivity contribution in [3.8, 4) is 0 Å². The van der Waals surface area contributed by atoms with Crippen LogP contribution in [0.4, 0.5) is 5.69 Å². The molecule has 0 unspecified atom stereocenters. The van der Waals surface area contributed by atoms with E-state index in [0.29, 0.717) is 5.56 Å². The maximum Gasteiger partial charge on any atom is 0.255 e. The van der Waals surface area contributed by atoms with Crippen molar-refractivity contribution in [2.24, 2.45) is 0 Å². The number of carbonyl (C=O) groups is 1. The molecule has 2 N–H and O–H groups in total. The molecule has 0 bridgehead atoms. The van der Waals surface area contributed by atoms with E-state index in [1.807, 2.05) is 17.0 Å². The lowest BCUT2D eigenvalue weighted by Gasteiger charge is -2.32. The van der Waals surface area contributed by atoms with E-state index in [1.54, 1.807) is 12.4 Å². The highest BCUT2D eigenvalue weighted by Gasteiger charge is 2.20. The summed E-state index contributed by atoms with van der Waals surface area (Å²) >= 11 is 0. The number of piperazine rings is 1. The first-order valence-electron chi connectivity index (χ1n) is 9.42. The van der Waals surface area contributed by atoms with Crippen LogP contribution in [0.5, 0.6) is 0 Å². The number of carbonyl (C=O) groups excluding carboxylic acids is 1. The lowest BCUT2D eigenvalue weighted by molar-refractivity contribution is 0.0663. The second-order valence-electron chi connectivity index (χ2n) is 7.09. The van der Waals surface area contributed by atoms with Gasteiger partial charge in [0.05, 0.1) is 11.3 Å². The van der Waals surface area contributed by atoms with Gasteiger partial charge >= 0.3 is 0 Å². The minimum Gasteiger partial charge on any atom is -0.383 e. The zero-order chi connectivity index (χ0) is 18.6.